The van der Waals surface area contributed by atoms with Crippen LogP contribution < -0.4 is 0 Å². The first-order valence-corrected chi connectivity index (χ1v) is 6.93. The van der Waals surface area contributed by atoms with Crippen LogP contribution in [0.4, 0.5) is 13.2 Å². The van der Waals surface area contributed by atoms with Crippen molar-refractivity contribution in [2.24, 2.45) is 0 Å². The number of ether oxygens (including phenoxy) is 1. The van der Waals surface area contributed by atoms with Gasteiger partial charge in [0.1, 0.15) is 12.6 Å². The van der Waals surface area contributed by atoms with Gasteiger partial charge in [0.25, 0.3) is 5.91 Å². The number of amides is 1. The number of hydrogen-bond acceptors (Lipinski definition) is 3. The van der Waals surface area contributed by atoms with Crippen LogP contribution in [0.2, 0.25) is 0 Å². The van der Waals surface area contributed by atoms with Gasteiger partial charge in [0.05, 0.1) is 5.56 Å². The second kappa shape index (κ2) is 7.96. The number of carboxylic acids is 1. The lowest BCUT2D eigenvalue weighted by atomic mass is 10.1. The first-order valence-electron chi connectivity index (χ1n) is 6.93. The number of alkyl halides is 3. The molecule has 0 spiro atoms. The van der Waals surface area contributed by atoms with Crippen molar-refractivity contribution in [3.8, 4) is 0 Å². The highest BCUT2D eigenvalue weighted by atomic mass is 19.4. The molecule has 0 saturated carbocycles. The Balaban J connectivity index is 2.88. The van der Waals surface area contributed by atoms with Crippen molar-refractivity contribution in [2.75, 3.05) is 13.2 Å². The molecule has 5 nitrogen and oxygen atoms in total. The molecule has 0 radical (unpaired) electrons. The van der Waals surface area contributed by atoms with Gasteiger partial charge in [-0.3, -0.25) is 9.59 Å². The lowest BCUT2D eigenvalue weighted by molar-refractivity contribution is -0.150. The number of aliphatic carboxylic acids is 1. The summed E-state index contributed by atoms with van der Waals surface area (Å²) in [6.07, 6.45) is -5.27. The van der Waals surface area contributed by atoms with Crippen LogP contribution in [-0.4, -0.2) is 41.1 Å². The number of carbonyl (C=O) groups is 2. The third kappa shape index (κ3) is 5.90. The molecule has 0 heterocycles. The van der Waals surface area contributed by atoms with Gasteiger partial charge in [-0.25, -0.2) is 0 Å². The minimum Gasteiger partial charge on any atom is -0.480 e. The van der Waals surface area contributed by atoms with Crippen LogP contribution in [0.5, 0.6) is 0 Å². The zero-order valence-electron chi connectivity index (χ0n) is 12.8. The highest BCUT2D eigenvalue weighted by Crippen LogP contribution is 2.29. The monoisotopic (exact) mass is 333 g/mol. The fourth-order valence-corrected chi connectivity index (χ4v) is 1.97. The van der Waals surface area contributed by atoms with Gasteiger partial charge in [-0.15, -0.1) is 0 Å². The van der Waals surface area contributed by atoms with Crippen molar-refractivity contribution in [1.29, 1.82) is 0 Å². The van der Waals surface area contributed by atoms with Gasteiger partial charge < -0.3 is 14.7 Å². The average molecular weight is 333 g/mol. The van der Waals surface area contributed by atoms with E-state index in [9.17, 15) is 22.8 Å². The minimum absolute atomic E-state index is 0.110. The van der Waals surface area contributed by atoms with Gasteiger partial charge in [0.15, 0.2) is 0 Å². The van der Waals surface area contributed by atoms with Crippen molar-refractivity contribution in [1.82, 2.24) is 4.90 Å². The quantitative estimate of drug-likeness (QED) is 0.833. The molecule has 23 heavy (non-hydrogen) atoms. The van der Waals surface area contributed by atoms with E-state index < -0.39 is 36.3 Å². The Morgan fingerprint density at radius 3 is 2.26 bits per heavy atom. The molecule has 1 atom stereocenters. The maximum Gasteiger partial charge on any atom is 0.416 e. The van der Waals surface area contributed by atoms with Crippen LogP contribution in [-0.2, 0) is 27.0 Å². The number of rotatable bonds is 7. The van der Waals surface area contributed by atoms with Gasteiger partial charge in [0, 0.05) is 13.2 Å². The van der Waals surface area contributed by atoms with Crippen LogP contribution in [0.25, 0.3) is 0 Å². The predicted molar refractivity (Wildman–Crippen MR) is 75.6 cm³/mol. The molecule has 1 rings (SSSR count). The minimum atomic E-state index is -4.45. The average Bonchev–Trinajstić information content (AvgIpc) is 2.45. The Kier molecular flexibility index (Phi) is 6.56. The molecule has 0 aliphatic heterocycles. The first kappa shape index (κ1) is 19.0. The zero-order valence-corrected chi connectivity index (χ0v) is 12.8. The van der Waals surface area contributed by atoms with E-state index in [-0.39, 0.29) is 13.2 Å². The van der Waals surface area contributed by atoms with Crippen molar-refractivity contribution in [3.05, 3.63) is 35.4 Å². The van der Waals surface area contributed by atoms with Gasteiger partial charge >= 0.3 is 12.1 Å². The zero-order chi connectivity index (χ0) is 17.6. The summed E-state index contributed by atoms with van der Waals surface area (Å²) in [6.45, 7) is 2.81. The van der Waals surface area contributed by atoms with Crippen LogP contribution in [0, 0.1) is 0 Å². The second-order valence-corrected chi connectivity index (χ2v) is 4.88. The molecule has 0 aromatic heterocycles. The van der Waals surface area contributed by atoms with Gasteiger partial charge in [-0.1, -0.05) is 12.1 Å². The molecular formula is C15H18F3NO4. The summed E-state index contributed by atoms with van der Waals surface area (Å²) < 4.78 is 42.7. The van der Waals surface area contributed by atoms with E-state index in [0.717, 1.165) is 17.0 Å². The largest absolute Gasteiger partial charge is 0.480 e. The normalized spacial score (nSPS) is 12.7. The van der Waals surface area contributed by atoms with Crippen molar-refractivity contribution < 1.29 is 32.6 Å². The highest BCUT2D eigenvalue weighted by molar-refractivity contribution is 5.84. The fourth-order valence-electron chi connectivity index (χ4n) is 1.97. The van der Waals surface area contributed by atoms with Crippen molar-refractivity contribution in [3.63, 3.8) is 0 Å². The van der Waals surface area contributed by atoms with Crippen LogP contribution in [0.15, 0.2) is 24.3 Å². The maximum atomic E-state index is 12.5. The van der Waals surface area contributed by atoms with E-state index in [0.29, 0.717) is 5.56 Å². The number of halogens is 3. The Morgan fingerprint density at radius 1 is 1.26 bits per heavy atom. The van der Waals surface area contributed by atoms with E-state index >= 15 is 0 Å². The third-order valence-corrected chi connectivity index (χ3v) is 3.06. The summed E-state index contributed by atoms with van der Waals surface area (Å²) in [6, 6.07) is 4.22. The van der Waals surface area contributed by atoms with Crippen LogP contribution in [0.3, 0.4) is 0 Å². The van der Waals surface area contributed by atoms with E-state index in [4.69, 9.17) is 9.84 Å². The molecule has 0 fully saturated rings. The Bertz CT molecular complexity index is 543. The summed E-state index contributed by atoms with van der Waals surface area (Å²) in [5, 5.41) is 8.89. The SMILES string of the molecule is CCOC(C)C(=O)N(CC(=O)O)Cc1ccc(C(F)(F)F)cc1. The van der Waals surface area contributed by atoms with Crippen LogP contribution >= 0.6 is 0 Å². The number of hydrogen-bond donors (Lipinski definition) is 1. The summed E-state index contributed by atoms with van der Waals surface area (Å²) in [4.78, 5) is 24.1. The lowest BCUT2D eigenvalue weighted by Gasteiger charge is -2.24. The molecule has 1 N–H and O–H groups in total. The fraction of sp³-hybridized carbons (Fsp3) is 0.467. The number of carbonyl (C=O) groups excluding carboxylic acids is 1. The number of nitrogens with zero attached hydrogens (tertiary/aromatic N) is 1. The van der Waals surface area contributed by atoms with Crippen molar-refractivity contribution in [2.45, 2.75) is 32.7 Å². The molecule has 1 aromatic carbocycles. The molecule has 128 valence electrons. The van der Waals surface area contributed by atoms with E-state index in [1.54, 1.807) is 6.92 Å². The molecule has 0 bridgehead atoms. The Hall–Kier alpha value is -2.09. The molecule has 8 heteroatoms. The van der Waals surface area contributed by atoms with Gasteiger partial charge in [-0.05, 0) is 31.5 Å². The molecule has 0 saturated heterocycles. The summed E-state index contributed by atoms with van der Waals surface area (Å²) >= 11 is 0. The highest BCUT2D eigenvalue weighted by Gasteiger charge is 2.30. The van der Waals surface area contributed by atoms with E-state index in [2.05, 4.69) is 0 Å². The molecular weight excluding hydrogens is 315 g/mol. The summed E-state index contributed by atoms with van der Waals surface area (Å²) in [7, 11) is 0. The molecule has 1 unspecified atom stereocenters. The lowest BCUT2D eigenvalue weighted by Crippen LogP contribution is -2.41. The number of carboxylic acid groups (broad SMARTS) is 1. The smallest absolute Gasteiger partial charge is 0.416 e. The molecule has 1 amide bonds. The van der Waals surface area contributed by atoms with E-state index in [1.165, 1.54) is 19.1 Å². The summed E-state index contributed by atoms with van der Waals surface area (Å²) in [5.74, 6) is -1.75. The standard InChI is InChI=1S/C15H18F3NO4/c1-3-23-10(2)14(22)19(9-13(20)21)8-11-4-6-12(7-5-11)15(16,17)18/h4-7,10H,3,8-9H2,1-2H3,(H,20,21). The topological polar surface area (TPSA) is 66.8 Å². The first-order chi connectivity index (χ1) is 10.6. The molecule has 0 aliphatic carbocycles. The van der Waals surface area contributed by atoms with Crippen LogP contribution in [0.1, 0.15) is 25.0 Å². The third-order valence-electron chi connectivity index (χ3n) is 3.06. The molecule has 0 aliphatic rings. The Labute approximate surface area is 131 Å². The maximum absolute atomic E-state index is 12.5. The predicted octanol–water partition coefficient (Wildman–Crippen LogP) is 2.54. The number of benzene rings is 1. The van der Waals surface area contributed by atoms with E-state index in [1.807, 2.05) is 0 Å². The second-order valence-electron chi connectivity index (χ2n) is 4.88. The van der Waals surface area contributed by atoms with Gasteiger partial charge in [-0.2, -0.15) is 13.2 Å². The van der Waals surface area contributed by atoms with Gasteiger partial charge in [0.2, 0.25) is 0 Å². The van der Waals surface area contributed by atoms with Crippen molar-refractivity contribution >= 4 is 11.9 Å². The molecule has 1 aromatic rings. The Morgan fingerprint density at radius 2 is 1.83 bits per heavy atom. The summed E-state index contributed by atoms with van der Waals surface area (Å²) in [5.41, 5.74) is -0.406.